The van der Waals surface area contributed by atoms with Gasteiger partial charge in [0, 0.05) is 23.5 Å². The first kappa shape index (κ1) is 22.0. The van der Waals surface area contributed by atoms with Gasteiger partial charge in [-0.25, -0.2) is 0 Å². The van der Waals surface area contributed by atoms with Gasteiger partial charge in [-0.15, -0.1) is 0 Å². The zero-order chi connectivity index (χ0) is 22.2. The molecule has 0 atom stereocenters. The van der Waals surface area contributed by atoms with Crippen molar-refractivity contribution >= 4 is 11.8 Å². The van der Waals surface area contributed by atoms with E-state index in [4.69, 9.17) is 9.47 Å². The molecule has 31 heavy (non-hydrogen) atoms. The van der Waals surface area contributed by atoms with Crippen LogP contribution in [0.2, 0.25) is 0 Å². The molecule has 7 nitrogen and oxygen atoms in total. The molecule has 0 spiro atoms. The maximum atomic E-state index is 12.4. The number of carbonyl (C=O) groups excluding carboxylic acids is 2. The molecule has 0 unspecified atom stereocenters. The average Bonchev–Trinajstić information content (AvgIpc) is 3.10. The molecule has 1 heterocycles. The molecule has 0 aliphatic rings. The van der Waals surface area contributed by atoms with Gasteiger partial charge in [-0.05, 0) is 68.3 Å². The van der Waals surface area contributed by atoms with Crippen LogP contribution in [0.15, 0.2) is 60.7 Å². The van der Waals surface area contributed by atoms with Gasteiger partial charge in [0.1, 0.15) is 11.5 Å². The van der Waals surface area contributed by atoms with E-state index in [9.17, 15) is 9.59 Å². The standard InChI is InChI=1S/C24H27N3O4/c1-17-8-9-18(2)27(17)26-24(29)20-10-12-21(13-11-20)31-16-23(28)25-15-14-19-6-4-5-7-22(19)30-3/h4-13H,14-16H2,1-3H3,(H,25,28)(H,26,29). The van der Waals surface area contributed by atoms with E-state index in [1.54, 1.807) is 36.1 Å². The number of hydrogen-bond donors (Lipinski definition) is 2. The number of nitrogens with zero attached hydrogens (tertiary/aromatic N) is 1. The fourth-order valence-electron chi connectivity index (χ4n) is 3.16. The highest BCUT2D eigenvalue weighted by molar-refractivity contribution is 6.00. The van der Waals surface area contributed by atoms with Crippen molar-refractivity contribution in [2.24, 2.45) is 0 Å². The lowest BCUT2D eigenvalue weighted by Gasteiger charge is -2.12. The SMILES string of the molecule is COc1ccccc1CCNC(=O)COc1ccc(C(=O)Nn2c(C)ccc2C)cc1. The zero-order valence-corrected chi connectivity index (χ0v) is 18.0. The second-order valence-corrected chi connectivity index (χ2v) is 7.12. The highest BCUT2D eigenvalue weighted by atomic mass is 16.5. The Bertz CT molecular complexity index is 1020. The summed E-state index contributed by atoms with van der Waals surface area (Å²) in [5.41, 5.74) is 6.28. The van der Waals surface area contributed by atoms with Gasteiger partial charge in [-0.1, -0.05) is 18.2 Å². The summed E-state index contributed by atoms with van der Waals surface area (Å²) in [5.74, 6) is 0.891. The molecular weight excluding hydrogens is 394 g/mol. The number of amides is 2. The van der Waals surface area contributed by atoms with Gasteiger partial charge in [0.2, 0.25) is 0 Å². The first-order chi connectivity index (χ1) is 15.0. The lowest BCUT2D eigenvalue weighted by molar-refractivity contribution is -0.123. The third-order valence-electron chi connectivity index (χ3n) is 4.88. The fourth-order valence-corrected chi connectivity index (χ4v) is 3.16. The van der Waals surface area contributed by atoms with Crippen LogP contribution in [0.3, 0.4) is 0 Å². The van der Waals surface area contributed by atoms with Gasteiger partial charge >= 0.3 is 0 Å². The lowest BCUT2D eigenvalue weighted by Crippen LogP contribution is -2.30. The maximum Gasteiger partial charge on any atom is 0.270 e. The number of para-hydroxylation sites is 1. The highest BCUT2D eigenvalue weighted by Crippen LogP contribution is 2.17. The van der Waals surface area contributed by atoms with Crippen LogP contribution in [0, 0.1) is 13.8 Å². The number of methoxy groups -OCH3 is 1. The van der Waals surface area contributed by atoms with Crippen LogP contribution in [0.1, 0.15) is 27.3 Å². The number of carbonyl (C=O) groups is 2. The number of nitrogens with one attached hydrogen (secondary N) is 2. The number of ether oxygens (including phenoxy) is 2. The van der Waals surface area contributed by atoms with E-state index in [1.165, 1.54) is 0 Å². The Balaban J connectivity index is 1.44. The summed E-state index contributed by atoms with van der Waals surface area (Å²) in [4.78, 5) is 24.5. The predicted molar refractivity (Wildman–Crippen MR) is 119 cm³/mol. The molecule has 1 aromatic heterocycles. The smallest absolute Gasteiger partial charge is 0.270 e. The molecule has 162 valence electrons. The molecule has 0 saturated heterocycles. The molecule has 2 aromatic carbocycles. The third kappa shape index (κ3) is 5.88. The van der Waals surface area contributed by atoms with Gasteiger partial charge in [0.15, 0.2) is 6.61 Å². The van der Waals surface area contributed by atoms with Gasteiger partial charge in [0.25, 0.3) is 11.8 Å². The minimum absolute atomic E-state index is 0.0980. The van der Waals surface area contributed by atoms with Gasteiger partial charge in [-0.3, -0.25) is 19.7 Å². The minimum Gasteiger partial charge on any atom is -0.496 e. The molecule has 0 saturated carbocycles. The second kappa shape index (κ2) is 10.3. The number of aromatic nitrogens is 1. The molecule has 2 N–H and O–H groups in total. The molecule has 0 fully saturated rings. The van der Waals surface area contributed by atoms with Crippen molar-refractivity contribution in [3.05, 3.63) is 83.2 Å². The Morgan fingerprint density at radius 3 is 2.29 bits per heavy atom. The van der Waals surface area contributed by atoms with Crippen molar-refractivity contribution in [3.8, 4) is 11.5 Å². The van der Waals surface area contributed by atoms with Crippen LogP contribution in [-0.2, 0) is 11.2 Å². The quantitative estimate of drug-likeness (QED) is 0.556. The topological polar surface area (TPSA) is 81.6 Å². The Hall–Kier alpha value is -3.74. The summed E-state index contributed by atoms with van der Waals surface area (Å²) < 4.78 is 12.6. The van der Waals surface area contributed by atoms with Crippen LogP contribution >= 0.6 is 0 Å². The molecule has 0 aliphatic carbocycles. The molecule has 0 radical (unpaired) electrons. The Kier molecular flexibility index (Phi) is 7.32. The van der Waals surface area contributed by atoms with E-state index in [1.807, 2.05) is 50.2 Å². The van der Waals surface area contributed by atoms with Gasteiger partial charge in [-0.2, -0.15) is 0 Å². The average molecular weight is 421 g/mol. The van der Waals surface area contributed by atoms with Crippen LogP contribution in [0.5, 0.6) is 11.5 Å². The fraction of sp³-hybridized carbons (Fsp3) is 0.250. The lowest BCUT2D eigenvalue weighted by atomic mass is 10.1. The normalized spacial score (nSPS) is 10.4. The van der Waals surface area contributed by atoms with E-state index in [0.717, 1.165) is 22.7 Å². The van der Waals surface area contributed by atoms with Gasteiger partial charge < -0.3 is 14.8 Å². The summed E-state index contributed by atoms with van der Waals surface area (Å²) in [6.45, 7) is 4.23. The molecule has 0 bridgehead atoms. The molecule has 2 amide bonds. The van der Waals surface area contributed by atoms with Crippen molar-refractivity contribution in [1.29, 1.82) is 0 Å². The third-order valence-corrected chi connectivity index (χ3v) is 4.88. The van der Waals surface area contributed by atoms with Crippen LogP contribution in [-0.4, -0.2) is 36.8 Å². The van der Waals surface area contributed by atoms with Crippen LogP contribution < -0.4 is 20.2 Å². The zero-order valence-electron chi connectivity index (χ0n) is 18.0. The Morgan fingerprint density at radius 2 is 1.61 bits per heavy atom. The van der Waals surface area contributed by atoms with E-state index < -0.39 is 0 Å². The molecular formula is C24H27N3O4. The summed E-state index contributed by atoms with van der Waals surface area (Å²) >= 11 is 0. The minimum atomic E-state index is -0.219. The summed E-state index contributed by atoms with van der Waals surface area (Å²) in [6, 6.07) is 18.3. The predicted octanol–water partition coefficient (Wildman–Crippen LogP) is 3.24. The molecule has 3 aromatic rings. The highest BCUT2D eigenvalue weighted by Gasteiger charge is 2.10. The van der Waals surface area contributed by atoms with Gasteiger partial charge in [0.05, 0.1) is 7.11 Å². The molecule has 7 heteroatoms. The Morgan fingerprint density at radius 1 is 0.935 bits per heavy atom. The van der Waals surface area contributed by atoms with E-state index >= 15 is 0 Å². The maximum absolute atomic E-state index is 12.4. The summed E-state index contributed by atoms with van der Waals surface area (Å²) in [7, 11) is 1.63. The monoisotopic (exact) mass is 421 g/mol. The number of aryl methyl sites for hydroxylation is 2. The second-order valence-electron chi connectivity index (χ2n) is 7.12. The van der Waals surface area contributed by atoms with E-state index in [-0.39, 0.29) is 18.4 Å². The number of benzene rings is 2. The summed E-state index contributed by atoms with van der Waals surface area (Å²) in [5, 5.41) is 2.83. The first-order valence-electron chi connectivity index (χ1n) is 10.1. The Labute approximate surface area is 182 Å². The van der Waals surface area contributed by atoms with Crippen molar-refractivity contribution in [1.82, 2.24) is 9.99 Å². The van der Waals surface area contributed by atoms with Crippen molar-refractivity contribution in [3.63, 3.8) is 0 Å². The number of hydrogen-bond acceptors (Lipinski definition) is 4. The largest absolute Gasteiger partial charge is 0.496 e. The van der Waals surface area contributed by atoms with Crippen LogP contribution in [0.4, 0.5) is 0 Å². The van der Waals surface area contributed by atoms with Crippen LogP contribution in [0.25, 0.3) is 0 Å². The number of rotatable bonds is 9. The van der Waals surface area contributed by atoms with E-state index in [0.29, 0.717) is 24.3 Å². The first-order valence-corrected chi connectivity index (χ1v) is 10.1. The summed E-state index contributed by atoms with van der Waals surface area (Å²) in [6.07, 6.45) is 0.667. The van der Waals surface area contributed by atoms with E-state index in [2.05, 4.69) is 10.7 Å². The van der Waals surface area contributed by atoms with Crippen molar-refractivity contribution < 1.29 is 19.1 Å². The molecule has 0 aliphatic heterocycles. The van der Waals surface area contributed by atoms with Crippen molar-refractivity contribution in [2.75, 3.05) is 25.7 Å². The van der Waals surface area contributed by atoms with Crippen molar-refractivity contribution in [2.45, 2.75) is 20.3 Å². The molecule has 3 rings (SSSR count).